The quantitative estimate of drug-likeness (QED) is 0.742. The minimum atomic E-state index is -1.07. The molecule has 0 aromatic heterocycles. The molecular weight excluding hydrogens is 220 g/mol. The van der Waals surface area contributed by atoms with Crippen LogP contribution in [0.25, 0.3) is 0 Å². The van der Waals surface area contributed by atoms with Crippen LogP contribution in [-0.2, 0) is 14.3 Å². The van der Waals surface area contributed by atoms with Crippen LogP contribution in [0, 0.1) is 0 Å². The van der Waals surface area contributed by atoms with Crippen molar-refractivity contribution in [1.29, 1.82) is 0 Å². The maximum absolute atomic E-state index is 11.1. The van der Waals surface area contributed by atoms with Crippen LogP contribution < -0.4 is 0 Å². The fraction of sp³-hybridized carbons (Fsp3) is 0.308. The summed E-state index contributed by atoms with van der Waals surface area (Å²) in [6.45, 7) is 0. The highest BCUT2D eigenvalue weighted by Crippen LogP contribution is 2.43. The van der Waals surface area contributed by atoms with Gasteiger partial charge in [0.25, 0.3) is 0 Å². The first-order valence-electron chi connectivity index (χ1n) is 5.52. The highest BCUT2D eigenvalue weighted by atomic mass is 16.7. The Morgan fingerprint density at radius 1 is 1.29 bits per heavy atom. The molecule has 1 aromatic rings. The van der Waals surface area contributed by atoms with E-state index in [0.29, 0.717) is 0 Å². The lowest BCUT2D eigenvalue weighted by Crippen LogP contribution is -2.27. The topological polar surface area (TPSA) is 55.8 Å². The summed E-state index contributed by atoms with van der Waals surface area (Å²) in [5.41, 5.74) is 0.883. The normalized spacial score (nSPS) is 35.5. The van der Waals surface area contributed by atoms with E-state index in [4.69, 9.17) is 9.47 Å². The van der Waals surface area contributed by atoms with Gasteiger partial charge in [-0.2, -0.15) is 0 Å². The van der Waals surface area contributed by atoms with E-state index in [0.717, 1.165) is 5.56 Å². The molecular formula is C13H12O4. The molecule has 2 heterocycles. The number of hydrogen-bond acceptors (Lipinski definition) is 4. The largest absolute Gasteiger partial charge is 0.426 e. The molecule has 1 saturated heterocycles. The molecule has 0 radical (unpaired) electrons. The third kappa shape index (κ3) is 1.75. The van der Waals surface area contributed by atoms with Gasteiger partial charge in [0.15, 0.2) is 0 Å². The van der Waals surface area contributed by atoms with Crippen LogP contribution in [0.4, 0.5) is 0 Å². The van der Waals surface area contributed by atoms with Gasteiger partial charge in [-0.25, -0.2) is 4.79 Å². The van der Waals surface area contributed by atoms with E-state index in [1.165, 1.54) is 6.08 Å². The van der Waals surface area contributed by atoms with E-state index in [9.17, 15) is 9.90 Å². The first-order chi connectivity index (χ1) is 8.19. The Balaban J connectivity index is 1.86. The number of esters is 1. The molecule has 1 N–H and O–H groups in total. The first kappa shape index (κ1) is 10.5. The van der Waals surface area contributed by atoms with E-state index in [2.05, 4.69) is 0 Å². The number of aliphatic hydroxyl groups excluding tert-OH is 1. The third-order valence-corrected chi connectivity index (χ3v) is 3.04. The molecule has 1 aromatic carbocycles. The zero-order valence-corrected chi connectivity index (χ0v) is 9.08. The third-order valence-electron chi connectivity index (χ3n) is 3.04. The van der Waals surface area contributed by atoms with Crippen LogP contribution in [0.3, 0.4) is 0 Å². The van der Waals surface area contributed by atoms with Crippen LogP contribution in [0.15, 0.2) is 42.5 Å². The second-order valence-electron chi connectivity index (χ2n) is 4.29. The van der Waals surface area contributed by atoms with Gasteiger partial charge in [-0.05, 0) is 11.6 Å². The zero-order chi connectivity index (χ0) is 11.9. The molecule has 3 atom stereocenters. The van der Waals surface area contributed by atoms with Crippen molar-refractivity contribution in [3.05, 3.63) is 48.0 Å². The Hall–Kier alpha value is -1.65. The summed E-state index contributed by atoms with van der Waals surface area (Å²) in [7, 11) is 0. The number of aliphatic hydroxyl groups is 1. The molecule has 0 saturated carbocycles. The molecule has 2 aliphatic rings. The van der Waals surface area contributed by atoms with Crippen LogP contribution in [0.2, 0.25) is 0 Å². The Morgan fingerprint density at radius 2 is 2.06 bits per heavy atom. The molecule has 0 unspecified atom stereocenters. The molecule has 4 heteroatoms. The predicted octanol–water partition coefficient (Wildman–Crippen LogP) is 1.32. The SMILES string of the molecule is O=C1C=C[C@]2(C[C@H](O)[C@H](c3ccccc3)O2)O1. The van der Waals surface area contributed by atoms with Crippen molar-refractivity contribution in [3.63, 3.8) is 0 Å². The standard InChI is InChI=1S/C13H12O4/c14-10-8-13(7-6-11(15)16-13)17-12(10)9-4-2-1-3-5-9/h1-7,10,12,14H,8H2/t10-,12-,13-/m0/s1. The zero-order valence-electron chi connectivity index (χ0n) is 9.08. The Bertz CT molecular complexity index is 468. The van der Waals surface area contributed by atoms with Crippen molar-refractivity contribution >= 4 is 5.97 Å². The smallest absolute Gasteiger partial charge is 0.333 e. The van der Waals surface area contributed by atoms with Crippen molar-refractivity contribution in [2.45, 2.75) is 24.4 Å². The fourth-order valence-electron chi connectivity index (χ4n) is 2.28. The average Bonchev–Trinajstić information content (AvgIpc) is 2.84. The van der Waals surface area contributed by atoms with Gasteiger partial charge in [0, 0.05) is 12.5 Å². The highest BCUT2D eigenvalue weighted by molar-refractivity contribution is 5.85. The summed E-state index contributed by atoms with van der Waals surface area (Å²) < 4.78 is 10.8. The van der Waals surface area contributed by atoms with Crippen LogP contribution >= 0.6 is 0 Å². The molecule has 0 aliphatic carbocycles. The lowest BCUT2D eigenvalue weighted by atomic mass is 10.0. The van der Waals surface area contributed by atoms with Gasteiger partial charge >= 0.3 is 5.97 Å². The Kier molecular flexibility index (Phi) is 2.28. The molecule has 0 amide bonds. The maximum Gasteiger partial charge on any atom is 0.333 e. The Labute approximate surface area is 98.5 Å². The monoisotopic (exact) mass is 232 g/mol. The highest BCUT2D eigenvalue weighted by Gasteiger charge is 2.49. The lowest BCUT2D eigenvalue weighted by molar-refractivity contribution is -0.192. The second kappa shape index (κ2) is 3.68. The van der Waals surface area contributed by atoms with E-state index in [1.54, 1.807) is 6.08 Å². The van der Waals surface area contributed by atoms with Gasteiger partial charge in [-0.1, -0.05) is 30.3 Å². The number of carbonyl (C=O) groups excluding carboxylic acids is 1. The van der Waals surface area contributed by atoms with E-state index in [1.807, 2.05) is 30.3 Å². The van der Waals surface area contributed by atoms with Crippen molar-refractivity contribution in [1.82, 2.24) is 0 Å². The Morgan fingerprint density at radius 3 is 2.71 bits per heavy atom. The second-order valence-corrected chi connectivity index (χ2v) is 4.29. The van der Waals surface area contributed by atoms with Gasteiger partial charge in [-0.3, -0.25) is 0 Å². The minimum absolute atomic E-state index is 0.273. The summed E-state index contributed by atoms with van der Waals surface area (Å²) in [6.07, 6.45) is 2.05. The maximum atomic E-state index is 11.1. The lowest BCUT2D eigenvalue weighted by Gasteiger charge is -2.20. The van der Waals surface area contributed by atoms with E-state index in [-0.39, 0.29) is 6.42 Å². The summed E-state index contributed by atoms with van der Waals surface area (Å²) in [5, 5.41) is 10.0. The fourth-order valence-corrected chi connectivity index (χ4v) is 2.28. The van der Waals surface area contributed by atoms with Crippen molar-refractivity contribution < 1.29 is 19.4 Å². The molecule has 4 nitrogen and oxygen atoms in total. The van der Waals surface area contributed by atoms with Gasteiger partial charge in [0.05, 0.1) is 6.10 Å². The number of benzene rings is 1. The van der Waals surface area contributed by atoms with E-state index < -0.39 is 24.0 Å². The minimum Gasteiger partial charge on any atom is -0.426 e. The summed E-state index contributed by atoms with van der Waals surface area (Å²) >= 11 is 0. The summed E-state index contributed by atoms with van der Waals surface area (Å²) in [6, 6.07) is 9.43. The molecule has 3 rings (SSSR count). The summed E-state index contributed by atoms with van der Waals surface area (Å²) in [5.74, 6) is -1.50. The molecule has 88 valence electrons. The van der Waals surface area contributed by atoms with Crippen LogP contribution in [-0.4, -0.2) is 23.0 Å². The molecule has 2 aliphatic heterocycles. The molecule has 0 bridgehead atoms. The number of rotatable bonds is 1. The average molecular weight is 232 g/mol. The van der Waals surface area contributed by atoms with E-state index >= 15 is 0 Å². The number of hydrogen-bond donors (Lipinski definition) is 1. The van der Waals surface area contributed by atoms with Gasteiger partial charge in [0.2, 0.25) is 5.79 Å². The molecule has 1 fully saturated rings. The van der Waals surface area contributed by atoms with Gasteiger partial charge in [0.1, 0.15) is 6.10 Å². The first-order valence-corrected chi connectivity index (χ1v) is 5.52. The predicted molar refractivity (Wildman–Crippen MR) is 58.9 cm³/mol. The van der Waals surface area contributed by atoms with Crippen molar-refractivity contribution in [2.24, 2.45) is 0 Å². The van der Waals surface area contributed by atoms with Gasteiger partial charge < -0.3 is 14.6 Å². The summed E-state index contributed by atoms with van der Waals surface area (Å²) in [4.78, 5) is 11.1. The molecule has 17 heavy (non-hydrogen) atoms. The molecule has 1 spiro atoms. The van der Waals surface area contributed by atoms with Crippen LogP contribution in [0.5, 0.6) is 0 Å². The van der Waals surface area contributed by atoms with Crippen molar-refractivity contribution in [2.75, 3.05) is 0 Å². The number of carbonyl (C=O) groups is 1. The van der Waals surface area contributed by atoms with Crippen LogP contribution in [0.1, 0.15) is 18.1 Å². The van der Waals surface area contributed by atoms with Crippen molar-refractivity contribution in [3.8, 4) is 0 Å². The number of ether oxygens (including phenoxy) is 2. The van der Waals surface area contributed by atoms with Gasteiger partial charge in [-0.15, -0.1) is 0 Å².